The summed E-state index contributed by atoms with van der Waals surface area (Å²) >= 11 is 0. The third-order valence-electron chi connectivity index (χ3n) is 15.5. The van der Waals surface area contributed by atoms with Gasteiger partial charge in [0, 0.05) is 107 Å². The molecule has 5 bridgehead atoms. The largest absolute Gasteiger partial charge is 0.507 e. The van der Waals surface area contributed by atoms with Crippen molar-refractivity contribution in [2.75, 3.05) is 65.3 Å². The molecular formula is C53H76N6O11. The molecule has 2 fully saturated rings. The number of esters is 1. The van der Waals surface area contributed by atoms with Gasteiger partial charge in [-0.25, -0.2) is 0 Å². The standard InChI is InChI=1S/C53H76N6O11/c1-28(2)27-58-19-17-53(18-20-58)55-42-39-40-47(64)34(8)50-41(39)51(66)52(10,70-50)68-25-16-36(67-12)31(5)49(69-38(61)26-37(60)59-23-21-57(11)22-24-59)33(7)46(63)32(6)45(62)30(4)15-13-14-29(3)35(9)54-44(48(40)65)43(42)56-53/h13-16,25,28,30-33,35-36,45-46,49,55,62-65H,17-24,26-27H2,1-12H3/b15-13+,25-16+,29-14-,54-44?/t30-,31+,32+,33+,35?,36-,45-,46+,49+,52-/m0/s1. The van der Waals surface area contributed by atoms with Gasteiger partial charge in [-0.2, -0.15) is 0 Å². The minimum Gasteiger partial charge on any atom is -0.507 e. The predicted molar refractivity (Wildman–Crippen MR) is 265 cm³/mol. The van der Waals surface area contributed by atoms with Crippen LogP contribution in [0.3, 0.4) is 0 Å². The normalized spacial score (nSPS) is 32.6. The summed E-state index contributed by atoms with van der Waals surface area (Å²) in [5, 5.41) is 52.5. The van der Waals surface area contributed by atoms with Gasteiger partial charge in [-0.05, 0) is 45.4 Å². The van der Waals surface area contributed by atoms with Crippen molar-refractivity contribution in [2.24, 2.45) is 39.6 Å². The van der Waals surface area contributed by atoms with E-state index in [1.165, 1.54) is 20.3 Å². The first-order chi connectivity index (χ1) is 33.0. The SMILES string of the molecule is CO[C@H]1/C=C/O[C@@]2(C)Oc3c(C)c(O)c4c(O)c(c5c(c4c3C2=O)NC2(CCN(CC(C)C)CC2)N=5)=NC(C)/C(C)=C\C=C\[C@H](C)[C@H](O)[C@@H](C)[C@@H](O)[C@@H](C)[C@H](OC(=O)CC(=O)N2CCN(C)CC2)[C@@H]1C. The molecule has 17 heteroatoms. The number of rotatable bonds is 6. The number of likely N-dealkylation sites (tertiary alicyclic amines) is 1. The number of nitrogens with one attached hydrogen (secondary N) is 1. The van der Waals surface area contributed by atoms with Gasteiger partial charge in [0.05, 0.1) is 47.3 Å². The molecule has 0 aromatic heterocycles. The lowest BCUT2D eigenvalue weighted by molar-refractivity contribution is -0.165. The van der Waals surface area contributed by atoms with Crippen LogP contribution >= 0.6 is 0 Å². The molecule has 0 saturated carbocycles. The first-order valence-electron chi connectivity index (χ1n) is 25.0. The van der Waals surface area contributed by atoms with Gasteiger partial charge in [0.2, 0.25) is 5.91 Å². The van der Waals surface area contributed by atoms with E-state index < -0.39 is 83.8 Å². The number of aliphatic hydroxyl groups excluding tert-OH is 2. The second-order valence-electron chi connectivity index (χ2n) is 21.2. The van der Waals surface area contributed by atoms with Crippen LogP contribution in [0, 0.1) is 36.5 Å². The maximum Gasteiger partial charge on any atom is 0.315 e. The molecule has 0 radical (unpaired) electrons. The number of amides is 1. The van der Waals surface area contributed by atoms with Gasteiger partial charge < -0.3 is 59.4 Å². The maximum atomic E-state index is 15.0. The highest BCUT2D eigenvalue weighted by atomic mass is 16.7. The van der Waals surface area contributed by atoms with E-state index in [-0.39, 0.29) is 50.4 Å². The van der Waals surface area contributed by atoms with Crippen molar-refractivity contribution in [2.45, 2.75) is 130 Å². The average Bonchev–Trinajstić information content (AvgIpc) is 3.82. The van der Waals surface area contributed by atoms with Crippen LogP contribution in [0.25, 0.3) is 10.8 Å². The van der Waals surface area contributed by atoms with E-state index >= 15 is 0 Å². The van der Waals surface area contributed by atoms with Crippen LogP contribution in [-0.2, 0) is 23.8 Å². The van der Waals surface area contributed by atoms with E-state index in [0.717, 1.165) is 25.2 Å². The van der Waals surface area contributed by atoms with Gasteiger partial charge in [0.25, 0.3) is 5.78 Å². The number of carbonyl (C=O) groups excluding carboxylic acids is 3. The van der Waals surface area contributed by atoms with E-state index in [1.54, 1.807) is 38.7 Å². The molecule has 1 unspecified atom stereocenters. The number of piperidine rings is 1. The summed E-state index contributed by atoms with van der Waals surface area (Å²) in [6.07, 6.45) is 5.15. The molecule has 70 heavy (non-hydrogen) atoms. The molecule has 1 spiro atoms. The number of carbonyl (C=O) groups is 3. The third kappa shape index (κ3) is 10.3. The van der Waals surface area contributed by atoms with Crippen LogP contribution in [0.1, 0.15) is 97.5 Å². The summed E-state index contributed by atoms with van der Waals surface area (Å²) in [5.74, 6) is -6.20. The maximum absolute atomic E-state index is 15.0. The number of allylic oxidation sites excluding steroid dienone is 2. The molecule has 6 aliphatic rings. The van der Waals surface area contributed by atoms with E-state index in [2.05, 4.69) is 29.0 Å². The minimum atomic E-state index is -1.95. The summed E-state index contributed by atoms with van der Waals surface area (Å²) in [6, 6.07) is -0.496. The molecule has 384 valence electrons. The summed E-state index contributed by atoms with van der Waals surface area (Å²) in [5.41, 5.74) is 0.848. The number of nitrogens with zero attached hydrogens (tertiary/aromatic N) is 5. The number of anilines is 1. The monoisotopic (exact) mass is 973 g/mol. The zero-order chi connectivity index (χ0) is 51.1. The lowest BCUT2D eigenvalue weighted by Gasteiger charge is -2.38. The number of phenols is 2. The molecule has 6 heterocycles. The summed E-state index contributed by atoms with van der Waals surface area (Å²) in [7, 11) is 3.44. The highest BCUT2D eigenvalue weighted by molar-refractivity contribution is 6.21. The zero-order valence-electron chi connectivity index (χ0n) is 43.1. The first-order valence-corrected chi connectivity index (χ1v) is 25.0. The van der Waals surface area contributed by atoms with Crippen molar-refractivity contribution < 1.29 is 53.8 Å². The van der Waals surface area contributed by atoms with Gasteiger partial charge in [-0.3, -0.25) is 24.4 Å². The van der Waals surface area contributed by atoms with E-state index in [1.807, 2.05) is 46.0 Å². The van der Waals surface area contributed by atoms with Crippen molar-refractivity contribution in [1.82, 2.24) is 14.7 Å². The number of hydrogen-bond acceptors (Lipinski definition) is 16. The van der Waals surface area contributed by atoms with Gasteiger partial charge in [0.15, 0.2) is 5.75 Å². The van der Waals surface area contributed by atoms with Crippen molar-refractivity contribution in [3.05, 3.63) is 58.0 Å². The first kappa shape index (κ1) is 52.7. The van der Waals surface area contributed by atoms with E-state index in [4.69, 9.17) is 28.9 Å². The van der Waals surface area contributed by atoms with E-state index in [0.29, 0.717) is 56.0 Å². The number of likely N-dealkylation sites (N-methyl/N-ethyl adjacent to an activating group) is 1. The second kappa shape index (κ2) is 21.0. The Balaban J connectivity index is 1.32. The van der Waals surface area contributed by atoms with Crippen LogP contribution in [0.4, 0.5) is 5.69 Å². The molecule has 2 aromatic rings. The van der Waals surface area contributed by atoms with Crippen molar-refractivity contribution in [1.29, 1.82) is 0 Å². The number of hydrogen-bond donors (Lipinski definition) is 5. The number of fused-ring (bicyclic) bond motifs is 13. The van der Waals surface area contributed by atoms with Gasteiger partial charge in [-0.15, -0.1) is 0 Å². The second-order valence-corrected chi connectivity index (χ2v) is 21.2. The Bertz CT molecular complexity index is 2540. The number of phenolic OH excluding ortho intramolecular Hbond substituents is 2. The number of benzene rings is 2. The number of ketones is 1. The summed E-state index contributed by atoms with van der Waals surface area (Å²) < 4.78 is 24.7. The van der Waals surface area contributed by atoms with Crippen LogP contribution in [0.5, 0.6) is 17.2 Å². The Morgan fingerprint density at radius 3 is 2.23 bits per heavy atom. The van der Waals surface area contributed by atoms with Crippen molar-refractivity contribution in [3.63, 3.8) is 0 Å². The molecular weight excluding hydrogens is 897 g/mol. The molecule has 10 atom stereocenters. The number of Topliss-reactive ketones (excluding diaryl/α,β-unsaturated/α-hetero) is 1. The van der Waals surface area contributed by atoms with E-state index in [9.17, 15) is 34.8 Å². The number of aromatic hydroxyl groups is 2. The van der Waals surface area contributed by atoms with Crippen LogP contribution in [0.15, 0.2) is 46.1 Å². The van der Waals surface area contributed by atoms with Crippen LogP contribution in [-0.4, -0.2) is 155 Å². The molecule has 8 rings (SSSR count). The van der Waals surface area contributed by atoms with Crippen molar-refractivity contribution >= 4 is 34.1 Å². The zero-order valence-corrected chi connectivity index (χ0v) is 43.1. The number of piperazine rings is 1. The number of aliphatic hydroxyl groups is 2. The van der Waals surface area contributed by atoms with Gasteiger partial charge in [-0.1, -0.05) is 59.8 Å². The fraction of sp³-hybridized carbons (Fsp3) is 0.642. The number of methoxy groups -OCH3 is 1. The summed E-state index contributed by atoms with van der Waals surface area (Å²) in [4.78, 5) is 58.5. The quantitative estimate of drug-likeness (QED) is 0.150. The Labute approximate surface area is 411 Å². The highest BCUT2D eigenvalue weighted by Gasteiger charge is 2.51. The average molecular weight is 973 g/mol. The Kier molecular flexibility index (Phi) is 15.8. The highest BCUT2D eigenvalue weighted by Crippen LogP contribution is 2.51. The topological polar surface area (TPSA) is 216 Å². The molecule has 5 N–H and O–H groups in total. The lowest BCUT2D eigenvalue weighted by atomic mass is 9.78. The van der Waals surface area contributed by atoms with Gasteiger partial charge in [0.1, 0.15) is 40.4 Å². The smallest absolute Gasteiger partial charge is 0.315 e. The Hall–Kier alpha value is -5.07. The molecule has 6 aliphatic heterocycles. The van der Waals surface area contributed by atoms with Crippen LogP contribution in [0.2, 0.25) is 0 Å². The predicted octanol–water partition coefficient (Wildman–Crippen LogP) is 4.76. The molecule has 1 amide bonds. The third-order valence-corrected chi connectivity index (χ3v) is 15.5. The Morgan fingerprint density at radius 2 is 1.59 bits per heavy atom. The van der Waals surface area contributed by atoms with Crippen molar-refractivity contribution in [3.8, 4) is 17.2 Å². The molecule has 17 nitrogen and oxygen atoms in total. The van der Waals surface area contributed by atoms with Gasteiger partial charge >= 0.3 is 11.8 Å². The minimum absolute atomic E-state index is 0.0398. The Morgan fingerprint density at radius 1 is 0.914 bits per heavy atom. The molecule has 0 aliphatic carbocycles. The fourth-order valence-electron chi connectivity index (χ4n) is 10.7. The fourth-order valence-corrected chi connectivity index (χ4v) is 10.7. The summed E-state index contributed by atoms with van der Waals surface area (Å²) in [6.45, 7) is 23.2. The molecule has 2 saturated heterocycles. The molecule has 2 aromatic carbocycles. The number of ether oxygens (including phenoxy) is 4. The lowest BCUT2D eigenvalue weighted by Crippen LogP contribution is -2.49. The van der Waals surface area contributed by atoms with Crippen LogP contribution < -0.4 is 20.8 Å².